The maximum Gasteiger partial charge on any atom is 0.205 e. The summed E-state index contributed by atoms with van der Waals surface area (Å²) >= 11 is 5.78. The molecule has 0 atom stereocenters. The van der Waals surface area contributed by atoms with Gasteiger partial charge in [0.1, 0.15) is 0 Å². The lowest BCUT2D eigenvalue weighted by atomic mass is 10.2. The van der Waals surface area contributed by atoms with Crippen LogP contribution in [0.5, 0.6) is 0 Å². The highest BCUT2D eigenvalue weighted by atomic mass is 127. The van der Waals surface area contributed by atoms with Crippen molar-refractivity contribution in [1.29, 1.82) is 0 Å². The van der Waals surface area contributed by atoms with Crippen LogP contribution in [0.15, 0.2) is 40.9 Å². The molecule has 19 heavy (non-hydrogen) atoms. The fourth-order valence-electron chi connectivity index (χ4n) is 2.15. The van der Waals surface area contributed by atoms with E-state index in [-0.39, 0.29) is 0 Å². The van der Waals surface area contributed by atoms with Gasteiger partial charge in [0.05, 0.1) is 16.7 Å². The Morgan fingerprint density at radius 1 is 1.21 bits per heavy atom. The molecule has 96 valence electrons. The number of nitrogen functional groups attached to an aromatic ring is 1. The van der Waals surface area contributed by atoms with E-state index in [1.807, 2.05) is 16.7 Å². The predicted molar refractivity (Wildman–Crippen MR) is 90.6 cm³/mol. The number of aryl methyl sites for hydroxylation is 1. The molecule has 3 aromatic rings. The predicted octanol–water partition coefficient (Wildman–Crippen LogP) is 4.28. The molecule has 0 saturated heterocycles. The van der Waals surface area contributed by atoms with Gasteiger partial charge in [0.2, 0.25) is 5.95 Å². The highest BCUT2D eigenvalue weighted by Crippen LogP contribution is 2.28. The van der Waals surface area contributed by atoms with Crippen LogP contribution < -0.4 is 5.73 Å². The lowest BCUT2D eigenvalue weighted by Crippen LogP contribution is -2.02. The van der Waals surface area contributed by atoms with Crippen molar-refractivity contribution in [3.8, 4) is 5.69 Å². The Labute approximate surface area is 133 Å². The van der Waals surface area contributed by atoms with Gasteiger partial charge in [0.15, 0.2) is 0 Å². The van der Waals surface area contributed by atoms with Gasteiger partial charge in [0.25, 0.3) is 0 Å². The number of aromatic nitrogens is 2. The number of hydrogen-bond donors (Lipinski definition) is 1. The number of halogens is 2. The molecule has 2 aromatic carbocycles. The number of rotatable bonds is 1. The summed E-state index contributed by atoms with van der Waals surface area (Å²) in [6.07, 6.45) is 0. The summed E-state index contributed by atoms with van der Waals surface area (Å²) in [5.41, 5.74) is 10.2. The van der Waals surface area contributed by atoms with Crippen molar-refractivity contribution in [2.24, 2.45) is 0 Å². The first-order valence-electron chi connectivity index (χ1n) is 5.76. The van der Waals surface area contributed by atoms with Gasteiger partial charge in [-0.3, -0.25) is 4.57 Å². The van der Waals surface area contributed by atoms with Crippen LogP contribution in [0.3, 0.4) is 0 Å². The van der Waals surface area contributed by atoms with Crippen molar-refractivity contribution in [3.63, 3.8) is 0 Å². The monoisotopic (exact) mass is 427 g/mol. The van der Waals surface area contributed by atoms with Gasteiger partial charge in [-0.15, -0.1) is 0 Å². The minimum atomic E-state index is 0.512. The van der Waals surface area contributed by atoms with Crippen molar-refractivity contribution < 1.29 is 0 Å². The first-order chi connectivity index (χ1) is 9.06. The van der Waals surface area contributed by atoms with Crippen LogP contribution in [-0.2, 0) is 0 Å². The van der Waals surface area contributed by atoms with Gasteiger partial charge in [0, 0.05) is 8.04 Å². The van der Waals surface area contributed by atoms with Crippen LogP contribution in [0.2, 0.25) is 0 Å². The first kappa shape index (κ1) is 12.9. The third-order valence-electron chi connectivity index (χ3n) is 3.05. The van der Waals surface area contributed by atoms with Gasteiger partial charge in [-0.2, -0.15) is 0 Å². The van der Waals surface area contributed by atoms with E-state index in [0.29, 0.717) is 5.95 Å². The Balaban J connectivity index is 2.36. The second-order valence-electron chi connectivity index (χ2n) is 4.37. The zero-order chi connectivity index (χ0) is 13.6. The van der Waals surface area contributed by atoms with Crippen LogP contribution in [0, 0.1) is 10.5 Å². The van der Waals surface area contributed by atoms with E-state index in [2.05, 4.69) is 74.7 Å². The molecular weight excluding hydrogens is 417 g/mol. The minimum Gasteiger partial charge on any atom is -0.369 e. The summed E-state index contributed by atoms with van der Waals surface area (Å²) in [6, 6.07) is 12.3. The number of hydrogen-bond acceptors (Lipinski definition) is 2. The summed E-state index contributed by atoms with van der Waals surface area (Å²) < 4.78 is 4.17. The molecule has 0 aliphatic carbocycles. The van der Waals surface area contributed by atoms with E-state index in [1.165, 1.54) is 0 Å². The standard InChI is InChI=1S/C14H11BrIN3/c1-8-2-3-9(15)6-13(8)19-12-5-4-10(16)7-11(12)18-14(19)17/h2-7H,1H3,(H2,17,18). The average molecular weight is 428 g/mol. The van der Waals surface area contributed by atoms with E-state index in [0.717, 1.165) is 30.3 Å². The molecule has 0 spiro atoms. The van der Waals surface area contributed by atoms with Crippen LogP contribution in [0.1, 0.15) is 5.56 Å². The molecule has 1 heterocycles. The Morgan fingerprint density at radius 2 is 2.00 bits per heavy atom. The molecule has 0 aliphatic rings. The van der Waals surface area contributed by atoms with Crippen LogP contribution in [-0.4, -0.2) is 9.55 Å². The van der Waals surface area contributed by atoms with Crippen molar-refractivity contribution >= 4 is 55.5 Å². The summed E-state index contributed by atoms with van der Waals surface area (Å²) in [6.45, 7) is 2.07. The molecule has 0 bridgehead atoms. The molecule has 3 rings (SSSR count). The molecule has 0 radical (unpaired) electrons. The fraction of sp³-hybridized carbons (Fsp3) is 0.0714. The first-order valence-corrected chi connectivity index (χ1v) is 7.63. The van der Waals surface area contributed by atoms with Gasteiger partial charge < -0.3 is 5.73 Å². The second-order valence-corrected chi connectivity index (χ2v) is 6.53. The highest BCUT2D eigenvalue weighted by molar-refractivity contribution is 14.1. The molecule has 0 saturated carbocycles. The maximum atomic E-state index is 6.09. The SMILES string of the molecule is Cc1ccc(Br)cc1-n1c(N)nc2cc(I)ccc21. The molecule has 0 aliphatic heterocycles. The Morgan fingerprint density at radius 3 is 2.79 bits per heavy atom. The van der Waals surface area contributed by atoms with Crippen LogP contribution in [0.4, 0.5) is 5.95 Å². The number of fused-ring (bicyclic) bond motifs is 1. The maximum absolute atomic E-state index is 6.09. The van der Waals surface area contributed by atoms with Crippen LogP contribution >= 0.6 is 38.5 Å². The Bertz CT molecular complexity index is 780. The molecule has 3 nitrogen and oxygen atoms in total. The average Bonchev–Trinajstić information content (AvgIpc) is 2.67. The Hall–Kier alpha value is -1.08. The van der Waals surface area contributed by atoms with Gasteiger partial charge in [-0.1, -0.05) is 22.0 Å². The summed E-state index contributed by atoms with van der Waals surface area (Å²) in [4.78, 5) is 4.44. The van der Waals surface area contributed by atoms with Crippen molar-refractivity contribution in [2.75, 3.05) is 5.73 Å². The fourth-order valence-corrected chi connectivity index (χ4v) is 2.97. The van der Waals surface area contributed by atoms with Gasteiger partial charge >= 0.3 is 0 Å². The summed E-state index contributed by atoms with van der Waals surface area (Å²) in [5.74, 6) is 0.512. The van der Waals surface area contributed by atoms with Crippen molar-refractivity contribution in [1.82, 2.24) is 9.55 Å². The molecular formula is C14H11BrIN3. The summed E-state index contributed by atoms with van der Waals surface area (Å²) in [5, 5.41) is 0. The van der Waals surface area contributed by atoms with E-state index >= 15 is 0 Å². The zero-order valence-corrected chi connectivity index (χ0v) is 13.9. The van der Waals surface area contributed by atoms with Crippen LogP contribution in [0.25, 0.3) is 16.7 Å². The van der Waals surface area contributed by atoms with Crippen molar-refractivity contribution in [3.05, 3.63) is 50.0 Å². The normalized spacial score (nSPS) is 11.1. The molecule has 1 aromatic heterocycles. The number of benzene rings is 2. The molecule has 5 heteroatoms. The lowest BCUT2D eigenvalue weighted by Gasteiger charge is -2.10. The number of imidazole rings is 1. The number of nitrogens with two attached hydrogens (primary N) is 1. The topological polar surface area (TPSA) is 43.8 Å². The largest absolute Gasteiger partial charge is 0.369 e. The third kappa shape index (κ3) is 2.25. The van der Waals surface area contributed by atoms with E-state index in [1.54, 1.807) is 0 Å². The van der Waals surface area contributed by atoms with E-state index in [4.69, 9.17) is 5.73 Å². The molecule has 0 fully saturated rings. The van der Waals surface area contributed by atoms with Crippen molar-refractivity contribution in [2.45, 2.75) is 6.92 Å². The van der Waals surface area contributed by atoms with Gasteiger partial charge in [-0.25, -0.2) is 4.98 Å². The quantitative estimate of drug-likeness (QED) is 0.589. The lowest BCUT2D eigenvalue weighted by molar-refractivity contribution is 1.09. The number of nitrogens with zero attached hydrogens (tertiary/aromatic N) is 2. The minimum absolute atomic E-state index is 0.512. The van der Waals surface area contributed by atoms with E-state index < -0.39 is 0 Å². The summed E-state index contributed by atoms with van der Waals surface area (Å²) in [7, 11) is 0. The molecule has 2 N–H and O–H groups in total. The molecule has 0 unspecified atom stereocenters. The molecule has 0 amide bonds. The smallest absolute Gasteiger partial charge is 0.205 e. The Kier molecular flexibility index (Phi) is 3.26. The number of anilines is 1. The zero-order valence-electron chi connectivity index (χ0n) is 10.2. The second kappa shape index (κ2) is 4.79. The van der Waals surface area contributed by atoms with Gasteiger partial charge in [-0.05, 0) is 65.4 Å². The third-order valence-corrected chi connectivity index (χ3v) is 4.22. The highest BCUT2D eigenvalue weighted by Gasteiger charge is 2.12. The van der Waals surface area contributed by atoms with E-state index in [9.17, 15) is 0 Å².